The highest BCUT2D eigenvalue weighted by Gasteiger charge is 2.33. The quantitative estimate of drug-likeness (QED) is 0.376. The molecule has 9 heteroatoms. The number of nitrogens with zero attached hydrogens (tertiary/aromatic N) is 3. The molecular weight excluding hydrogens is 404 g/mol. The molecule has 0 spiro atoms. The number of nitrogens with one attached hydrogen (secondary N) is 2. The Morgan fingerprint density at radius 2 is 2.10 bits per heavy atom. The van der Waals surface area contributed by atoms with Gasteiger partial charge in [-0.1, -0.05) is 23.7 Å². The highest BCUT2D eigenvalue weighted by atomic mass is 35.5. The summed E-state index contributed by atoms with van der Waals surface area (Å²) in [5, 5.41) is 13.1. The zero-order chi connectivity index (χ0) is 20.8. The van der Waals surface area contributed by atoms with Crippen LogP contribution < -0.4 is 16.5 Å². The van der Waals surface area contributed by atoms with Gasteiger partial charge in [0.25, 0.3) is 0 Å². The van der Waals surface area contributed by atoms with Gasteiger partial charge in [-0.25, -0.2) is 15.4 Å². The van der Waals surface area contributed by atoms with Crippen LogP contribution in [0.1, 0.15) is 54.7 Å². The summed E-state index contributed by atoms with van der Waals surface area (Å²) in [6.07, 6.45) is 7.44. The Balaban J connectivity index is 1.50. The second-order valence-electron chi connectivity index (χ2n) is 8.09. The highest BCUT2D eigenvalue weighted by molar-refractivity contribution is 6.33. The minimum Gasteiger partial charge on any atom is -0.382 e. The average molecular weight is 427 g/mol. The molecule has 1 unspecified atom stereocenters. The van der Waals surface area contributed by atoms with E-state index in [-0.39, 0.29) is 23.8 Å². The molecule has 1 saturated carbocycles. The highest BCUT2D eigenvalue weighted by Crippen LogP contribution is 2.42. The van der Waals surface area contributed by atoms with Crippen LogP contribution in [0.3, 0.4) is 0 Å². The van der Waals surface area contributed by atoms with Crippen LogP contribution in [-0.4, -0.2) is 25.5 Å². The number of imidazole rings is 1. The van der Waals surface area contributed by atoms with Crippen molar-refractivity contribution in [3.63, 3.8) is 0 Å². The lowest BCUT2D eigenvalue weighted by Gasteiger charge is -2.26. The molecule has 3 aromatic rings. The normalized spacial score (nSPS) is 23.2. The van der Waals surface area contributed by atoms with Gasteiger partial charge in [-0.3, -0.25) is 14.4 Å². The summed E-state index contributed by atoms with van der Waals surface area (Å²) >= 11 is 6.37. The standard InChI is InChI=1S/C21H23ClN6O2/c22-14-3-1-2-13-10-15(25-16(13)14)17-18-19(23)24-8-9-28(18)20(26-17)11-4-6-12(7-5-11)21(29)27-30/h1-3,8-9,11-12,15,25,30H,4-7,10H2,(H2,23,24)(H,27,29)/t11-,12-,15?. The number of carbonyl (C=O) groups is 1. The lowest BCUT2D eigenvalue weighted by Crippen LogP contribution is -2.30. The molecule has 2 aromatic heterocycles. The number of rotatable bonds is 3. The number of hydrogen-bond acceptors (Lipinski definition) is 6. The molecule has 0 radical (unpaired) electrons. The molecule has 3 heterocycles. The summed E-state index contributed by atoms with van der Waals surface area (Å²) in [7, 11) is 0. The minimum atomic E-state index is -0.305. The van der Waals surface area contributed by atoms with Crippen molar-refractivity contribution in [1.82, 2.24) is 19.8 Å². The lowest BCUT2D eigenvalue weighted by molar-refractivity contribution is -0.134. The first-order chi connectivity index (χ1) is 14.6. The minimum absolute atomic E-state index is 0.0355. The molecule has 5 rings (SSSR count). The molecule has 1 fully saturated rings. The van der Waals surface area contributed by atoms with E-state index < -0.39 is 0 Å². The predicted octanol–water partition coefficient (Wildman–Crippen LogP) is 3.45. The number of halogens is 1. The van der Waals surface area contributed by atoms with Crippen molar-refractivity contribution in [3.05, 3.63) is 52.7 Å². The predicted molar refractivity (Wildman–Crippen MR) is 114 cm³/mol. The third-order valence-corrected chi connectivity index (χ3v) is 6.70. The Labute approximate surface area is 178 Å². The van der Waals surface area contributed by atoms with Crippen molar-refractivity contribution in [1.29, 1.82) is 0 Å². The average Bonchev–Trinajstić information content (AvgIpc) is 3.37. The molecule has 1 amide bonds. The SMILES string of the molecule is Nc1nccn2c1c(C1Cc3cccc(Cl)c3N1)nc2[C@H]1CC[C@H](C(=O)NO)CC1. The van der Waals surface area contributed by atoms with Crippen LogP contribution in [0.25, 0.3) is 5.52 Å². The molecule has 8 nitrogen and oxygen atoms in total. The molecule has 1 aliphatic heterocycles. The smallest absolute Gasteiger partial charge is 0.246 e. The fraction of sp³-hybridized carbons (Fsp3) is 0.381. The van der Waals surface area contributed by atoms with Crippen molar-refractivity contribution >= 4 is 34.5 Å². The Morgan fingerprint density at radius 1 is 1.30 bits per heavy atom. The van der Waals surface area contributed by atoms with E-state index in [1.54, 1.807) is 11.7 Å². The number of para-hydroxylation sites is 1. The number of fused-ring (bicyclic) bond motifs is 2. The van der Waals surface area contributed by atoms with E-state index in [2.05, 4.69) is 16.4 Å². The fourth-order valence-electron chi connectivity index (χ4n) is 4.86. The second-order valence-corrected chi connectivity index (χ2v) is 8.49. The third-order valence-electron chi connectivity index (χ3n) is 6.38. The maximum atomic E-state index is 11.8. The number of benzene rings is 1. The summed E-state index contributed by atoms with van der Waals surface area (Å²) in [4.78, 5) is 21.1. The molecule has 5 N–H and O–H groups in total. The third kappa shape index (κ3) is 3.07. The van der Waals surface area contributed by atoms with Crippen LogP contribution >= 0.6 is 11.6 Å². The monoisotopic (exact) mass is 426 g/mol. The first-order valence-corrected chi connectivity index (χ1v) is 10.5. The van der Waals surface area contributed by atoms with Crippen molar-refractivity contribution in [2.24, 2.45) is 5.92 Å². The van der Waals surface area contributed by atoms with Gasteiger partial charge >= 0.3 is 0 Å². The van der Waals surface area contributed by atoms with Crippen molar-refractivity contribution in [2.45, 2.75) is 44.1 Å². The molecule has 1 aromatic carbocycles. The van der Waals surface area contributed by atoms with Crippen LogP contribution in [0.4, 0.5) is 11.5 Å². The number of carbonyl (C=O) groups excluding carboxylic acids is 1. The van der Waals surface area contributed by atoms with Crippen LogP contribution in [0, 0.1) is 5.92 Å². The van der Waals surface area contributed by atoms with Crippen LogP contribution in [-0.2, 0) is 11.2 Å². The largest absolute Gasteiger partial charge is 0.382 e. The first kappa shape index (κ1) is 19.1. The first-order valence-electron chi connectivity index (χ1n) is 10.2. The van der Waals surface area contributed by atoms with Crippen molar-refractivity contribution < 1.29 is 10.0 Å². The van der Waals surface area contributed by atoms with E-state index in [0.29, 0.717) is 23.7 Å². The van der Waals surface area contributed by atoms with E-state index in [0.717, 1.165) is 47.5 Å². The van der Waals surface area contributed by atoms with Gasteiger partial charge in [0.1, 0.15) is 17.2 Å². The van der Waals surface area contributed by atoms with Crippen LogP contribution in [0.2, 0.25) is 5.02 Å². The molecule has 1 atom stereocenters. The van der Waals surface area contributed by atoms with E-state index in [4.69, 9.17) is 27.5 Å². The maximum absolute atomic E-state index is 11.8. The Kier molecular flexibility index (Phi) is 4.75. The second kappa shape index (κ2) is 7.45. The summed E-state index contributed by atoms with van der Waals surface area (Å²) < 4.78 is 2.04. The van der Waals surface area contributed by atoms with Crippen LogP contribution in [0.15, 0.2) is 30.6 Å². The Bertz CT molecular complexity index is 1120. The van der Waals surface area contributed by atoms with Gasteiger partial charge in [-0.15, -0.1) is 0 Å². The molecule has 0 saturated heterocycles. The van der Waals surface area contributed by atoms with E-state index >= 15 is 0 Å². The number of aromatic nitrogens is 3. The molecular formula is C21H23ClN6O2. The molecule has 2 aliphatic rings. The van der Waals surface area contributed by atoms with Crippen LogP contribution in [0.5, 0.6) is 0 Å². The zero-order valence-corrected chi connectivity index (χ0v) is 17.1. The zero-order valence-electron chi connectivity index (χ0n) is 16.3. The number of nitrogens with two attached hydrogens (primary N) is 1. The van der Waals surface area contributed by atoms with Crippen molar-refractivity contribution in [2.75, 3.05) is 11.1 Å². The molecule has 0 bridgehead atoms. The number of hydrogen-bond donors (Lipinski definition) is 4. The van der Waals surface area contributed by atoms with Gasteiger partial charge in [0.2, 0.25) is 5.91 Å². The van der Waals surface area contributed by atoms with Gasteiger partial charge < -0.3 is 11.1 Å². The van der Waals surface area contributed by atoms with Gasteiger partial charge in [-0.05, 0) is 37.3 Å². The number of nitrogen functional groups attached to an aromatic ring is 1. The van der Waals surface area contributed by atoms with E-state index in [1.165, 1.54) is 0 Å². The molecule has 30 heavy (non-hydrogen) atoms. The maximum Gasteiger partial charge on any atom is 0.246 e. The Hall–Kier alpha value is -2.84. The summed E-state index contributed by atoms with van der Waals surface area (Å²) in [5.41, 5.74) is 11.9. The molecule has 156 valence electrons. The van der Waals surface area contributed by atoms with E-state index in [9.17, 15) is 4.79 Å². The fourth-order valence-corrected chi connectivity index (χ4v) is 5.11. The number of amides is 1. The van der Waals surface area contributed by atoms with Crippen molar-refractivity contribution in [3.8, 4) is 0 Å². The summed E-state index contributed by atoms with van der Waals surface area (Å²) in [5.74, 6) is 1.14. The number of anilines is 2. The number of hydroxylamine groups is 1. The van der Waals surface area contributed by atoms with Gasteiger partial charge in [-0.2, -0.15) is 0 Å². The van der Waals surface area contributed by atoms with E-state index in [1.807, 2.05) is 22.7 Å². The van der Waals surface area contributed by atoms with Gasteiger partial charge in [0.05, 0.1) is 22.4 Å². The topological polar surface area (TPSA) is 118 Å². The Morgan fingerprint density at radius 3 is 2.83 bits per heavy atom. The van der Waals surface area contributed by atoms with Gasteiger partial charge in [0, 0.05) is 30.7 Å². The lowest BCUT2D eigenvalue weighted by atomic mass is 9.81. The summed E-state index contributed by atoms with van der Waals surface area (Å²) in [6, 6.07) is 5.87. The molecule has 1 aliphatic carbocycles. The summed E-state index contributed by atoms with van der Waals surface area (Å²) in [6.45, 7) is 0. The van der Waals surface area contributed by atoms with Gasteiger partial charge in [0.15, 0.2) is 0 Å².